The van der Waals surface area contributed by atoms with Gasteiger partial charge in [0.15, 0.2) is 0 Å². The summed E-state index contributed by atoms with van der Waals surface area (Å²) in [6.07, 6.45) is 4.84. The molecule has 0 spiro atoms. The molecular weight excluding hydrogens is 381 g/mol. The Morgan fingerprint density at radius 2 is 2.03 bits per heavy atom. The van der Waals surface area contributed by atoms with Crippen molar-refractivity contribution in [2.45, 2.75) is 52.0 Å². The highest BCUT2D eigenvalue weighted by Gasteiger charge is 2.22. The van der Waals surface area contributed by atoms with Crippen molar-refractivity contribution >= 4 is 22.9 Å². The number of aromatic nitrogens is 1. The molecule has 1 heterocycles. The van der Waals surface area contributed by atoms with Gasteiger partial charge in [0.2, 0.25) is 0 Å². The maximum Gasteiger partial charge on any atom is 0.148 e. The van der Waals surface area contributed by atoms with Crippen molar-refractivity contribution in [1.82, 2.24) is 9.29 Å². The van der Waals surface area contributed by atoms with Gasteiger partial charge in [-0.3, -0.25) is 4.72 Å². The average molecular weight is 408 g/mol. The van der Waals surface area contributed by atoms with Crippen LogP contribution in [-0.4, -0.2) is 9.82 Å². The third-order valence-electron chi connectivity index (χ3n) is 5.08. The van der Waals surface area contributed by atoms with Gasteiger partial charge in [0.05, 0.1) is 5.56 Å². The molecule has 2 aromatic carbocycles. The standard InChI is InChI=1S/C24H26FN3S/c1-24(2,3)15-28-14-18(13-27-29-19-8-9-19)20-10-7-16(11-22(20)28)21-6-4-5-17(12-26)23(21)25/h4-7,10-11,14,19,27H,8-9,13,15H2,1-3H3. The van der Waals surface area contributed by atoms with E-state index in [0.717, 1.165) is 29.4 Å². The molecule has 150 valence electrons. The van der Waals surface area contributed by atoms with Gasteiger partial charge >= 0.3 is 0 Å². The summed E-state index contributed by atoms with van der Waals surface area (Å²) >= 11 is 1.83. The molecular formula is C24H26FN3S. The minimum absolute atomic E-state index is 0.0784. The van der Waals surface area contributed by atoms with Crippen LogP contribution >= 0.6 is 11.9 Å². The fourth-order valence-electron chi connectivity index (χ4n) is 3.58. The highest BCUT2D eigenvalue weighted by Crippen LogP contribution is 2.34. The van der Waals surface area contributed by atoms with Crippen LogP contribution in [-0.2, 0) is 13.1 Å². The molecule has 5 heteroatoms. The molecule has 1 N–H and O–H groups in total. The van der Waals surface area contributed by atoms with Crippen molar-refractivity contribution in [3.8, 4) is 17.2 Å². The minimum Gasteiger partial charge on any atom is -0.347 e. The van der Waals surface area contributed by atoms with Crippen LogP contribution in [0.4, 0.5) is 4.39 Å². The zero-order valence-electron chi connectivity index (χ0n) is 17.1. The van der Waals surface area contributed by atoms with E-state index in [-0.39, 0.29) is 11.0 Å². The maximum atomic E-state index is 14.7. The lowest BCUT2D eigenvalue weighted by Gasteiger charge is -2.20. The Bertz CT molecular complexity index is 1080. The predicted molar refractivity (Wildman–Crippen MR) is 119 cm³/mol. The topological polar surface area (TPSA) is 40.8 Å². The van der Waals surface area contributed by atoms with Crippen molar-refractivity contribution < 1.29 is 4.39 Å². The lowest BCUT2D eigenvalue weighted by molar-refractivity contribution is 0.349. The van der Waals surface area contributed by atoms with Gasteiger partial charge in [0.25, 0.3) is 0 Å². The molecule has 0 unspecified atom stereocenters. The molecule has 4 rings (SSSR count). The summed E-state index contributed by atoms with van der Waals surface area (Å²) in [5, 5.41) is 11.1. The first-order valence-corrected chi connectivity index (χ1v) is 10.9. The summed E-state index contributed by atoms with van der Waals surface area (Å²) in [5.41, 5.74) is 3.84. The van der Waals surface area contributed by atoms with Gasteiger partial charge in [-0.2, -0.15) is 5.26 Å². The van der Waals surface area contributed by atoms with Crippen LogP contribution in [0.1, 0.15) is 44.7 Å². The fourth-order valence-corrected chi connectivity index (χ4v) is 4.43. The number of fused-ring (bicyclic) bond motifs is 1. The maximum absolute atomic E-state index is 14.7. The number of hydrogen-bond acceptors (Lipinski definition) is 3. The summed E-state index contributed by atoms with van der Waals surface area (Å²) in [7, 11) is 0. The summed E-state index contributed by atoms with van der Waals surface area (Å²) in [4.78, 5) is 0. The average Bonchev–Trinajstić information content (AvgIpc) is 3.44. The molecule has 1 fully saturated rings. The van der Waals surface area contributed by atoms with Gasteiger partial charge in [-0.1, -0.05) is 57.0 Å². The molecule has 0 bridgehead atoms. The van der Waals surface area contributed by atoms with Gasteiger partial charge in [-0.25, -0.2) is 4.39 Å². The van der Waals surface area contributed by atoms with Crippen molar-refractivity contribution in [3.05, 3.63) is 59.5 Å². The second-order valence-electron chi connectivity index (χ2n) is 8.99. The molecule has 1 aromatic heterocycles. The van der Waals surface area contributed by atoms with Crippen molar-refractivity contribution in [3.63, 3.8) is 0 Å². The second kappa shape index (κ2) is 7.85. The number of halogens is 1. The van der Waals surface area contributed by atoms with Crippen molar-refractivity contribution in [1.29, 1.82) is 5.26 Å². The van der Waals surface area contributed by atoms with E-state index in [1.165, 1.54) is 29.9 Å². The van der Waals surface area contributed by atoms with Crippen LogP contribution in [0.15, 0.2) is 42.6 Å². The largest absolute Gasteiger partial charge is 0.347 e. The zero-order chi connectivity index (χ0) is 20.6. The van der Waals surface area contributed by atoms with Crippen molar-refractivity contribution in [2.24, 2.45) is 5.41 Å². The first kappa shape index (κ1) is 20.0. The Morgan fingerprint density at radius 1 is 1.24 bits per heavy atom. The number of nitrogens with one attached hydrogen (secondary N) is 1. The van der Waals surface area contributed by atoms with Gasteiger partial charge in [-0.05, 0) is 41.5 Å². The van der Waals surface area contributed by atoms with E-state index in [2.05, 4.69) is 48.4 Å². The minimum atomic E-state index is -0.453. The Kier molecular flexibility index (Phi) is 5.42. The SMILES string of the molecule is CC(C)(C)Cn1cc(CNSC2CC2)c2ccc(-c3cccc(C#N)c3F)cc21. The zero-order valence-corrected chi connectivity index (χ0v) is 17.9. The lowest BCUT2D eigenvalue weighted by Crippen LogP contribution is -2.14. The molecule has 3 aromatic rings. The molecule has 0 atom stereocenters. The van der Waals surface area contributed by atoms with Gasteiger partial charge in [-0.15, -0.1) is 0 Å². The summed E-state index contributed by atoms with van der Waals surface area (Å²) < 4.78 is 20.5. The monoisotopic (exact) mass is 407 g/mol. The molecule has 1 saturated carbocycles. The van der Waals surface area contributed by atoms with Crippen LogP contribution < -0.4 is 4.72 Å². The van der Waals surface area contributed by atoms with E-state index in [1.54, 1.807) is 12.1 Å². The third kappa shape index (κ3) is 4.49. The van der Waals surface area contributed by atoms with E-state index in [1.807, 2.05) is 24.1 Å². The Balaban J connectivity index is 1.75. The Morgan fingerprint density at radius 3 is 2.72 bits per heavy atom. The number of nitriles is 1. The third-order valence-corrected chi connectivity index (χ3v) is 6.19. The number of rotatable bonds is 6. The molecule has 0 radical (unpaired) electrons. The van der Waals surface area contributed by atoms with Gasteiger partial charge in [0, 0.05) is 41.0 Å². The number of hydrogen-bond donors (Lipinski definition) is 1. The fraction of sp³-hybridized carbons (Fsp3) is 0.375. The molecule has 0 amide bonds. The van der Waals surface area contributed by atoms with Gasteiger partial charge < -0.3 is 4.57 Å². The molecule has 1 aliphatic rings. The number of nitrogens with zero attached hydrogens (tertiary/aromatic N) is 2. The normalized spacial score (nSPS) is 14.3. The van der Waals surface area contributed by atoms with Crippen LogP contribution in [0.5, 0.6) is 0 Å². The van der Waals surface area contributed by atoms with Gasteiger partial charge in [0.1, 0.15) is 11.9 Å². The van der Waals surface area contributed by atoms with E-state index in [9.17, 15) is 4.39 Å². The van der Waals surface area contributed by atoms with E-state index in [4.69, 9.17) is 5.26 Å². The molecule has 1 aliphatic carbocycles. The molecule has 3 nitrogen and oxygen atoms in total. The number of benzene rings is 2. The molecule has 0 aliphatic heterocycles. The smallest absolute Gasteiger partial charge is 0.148 e. The first-order chi connectivity index (χ1) is 13.9. The van der Waals surface area contributed by atoms with Crippen LogP contribution in [0.25, 0.3) is 22.0 Å². The van der Waals surface area contributed by atoms with Crippen LogP contribution in [0.2, 0.25) is 0 Å². The van der Waals surface area contributed by atoms with E-state index < -0.39 is 5.82 Å². The predicted octanol–water partition coefficient (Wildman–Crippen LogP) is 6.27. The second-order valence-corrected chi connectivity index (χ2v) is 10.2. The van der Waals surface area contributed by atoms with E-state index in [0.29, 0.717) is 5.56 Å². The Labute approximate surface area is 176 Å². The lowest BCUT2D eigenvalue weighted by atomic mass is 9.96. The Hall–Kier alpha value is -2.29. The summed E-state index contributed by atoms with van der Waals surface area (Å²) in [6, 6.07) is 13.0. The van der Waals surface area contributed by atoms with E-state index >= 15 is 0 Å². The molecule has 0 saturated heterocycles. The van der Waals surface area contributed by atoms with Crippen LogP contribution in [0, 0.1) is 22.6 Å². The highest BCUT2D eigenvalue weighted by molar-refractivity contribution is 7.98. The first-order valence-electron chi connectivity index (χ1n) is 10.0. The van der Waals surface area contributed by atoms with Crippen molar-refractivity contribution in [2.75, 3.05) is 0 Å². The summed E-state index contributed by atoms with van der Waals surface area (Å²) in [6.45, 7) is 8.36. The summed E-state index contributed by atoms with van der Waals surface area (Å²) in [5.74, 6) is -0.453. The quantitative estimate of drug-likeness (QED) is 0.490. The molecule has 29 heavy (non-hydrogen) atoms. The van der Waals surface area contributed by atoms with Crippen LogP contribution in [0.3, 0.4) is 0 Å². The highest BCUT2D eigenvalue weighted by atomic mass is 32.2.